The molecule has 0 aromatic rings. The van der Waals surface area contributed by atoms with Gasteiger partial charge in [0.05, 0.1) is 10.8 Å². The van der Waals surface area contributed by atoms with E-state index in [9.17, 15) is 9.59 Å². The van der Waals surface area contributed by atoms with Crippen LogP contribution in [0.4, 0.5) is 0 Å². The number of carbonyl (C=O) groups is 2. The molecule has 0 saturated heterocycles. The van der Waals surface area contributed by atoms with E-state index >= 15 is 0 Å². The summed E-state index contributed by atoms with van der Waals surface area (Å²) in [6.45, 7) is 20.9. The molecule has 0 spiro atoms. The van der Waals surface area contributed by atoms with Crippen molar-refractivity contribution in [2.45, 2.75) is 76.2 Å². The largest absolute Gasteiger partial charge is 2.00 e. The first-order valence-electron chi connectivity index (χ1n) is 8.51. The molecular formula is C21H38O5Ti. The Balaban J connectivity index is -0.000000141. The van der Waals surface area contributed by atoms with Gasteiger partial charge in [0.25, 0.3) is 0 Å². The average molecular weight is 418 g/mol. The number of hydrogen-bond acceptors (Lipinski definition) is 3. The minimum atomic E-state index is -0.757. The van der Waals surface area contributed by atoms with Crippen molar-refractivity contribution >= 4 is 11.9 Å². The fraction of sp³-hybridized carbons (Fsp3) is 0.714. The molecule has 6 heteroatoms. The molecule has 0 saturated carbocycles. The van der Waals surface area contributed by atoms with Crippen LogP contribution in [-0.2, 0) is 31.3 Å². The Morgan fingerprint density at radius 1 is 0.852 bits per heavy atom. The van der Waals surface area contributed by atoms with Gasteiger partial charge >= 0.3 is 33.7 Å². The zero-order valence-electron chi connectivity index (χ0n) is 19.1. The summed E-state index contributed by atoms with van der Waals surface area (Å²) in [6.07, 6.45) is 3.44. The second-order valence-corrected chi connectivity index (χ2v) is 8.74. The number of carboxylic acids is 2. The zero-order valence-corrected chi connectivity index (χ0v) is 20.7. The van der Waals surface area contributed by atoms with Gasteiger partial charge in [-0.25, -0.2) is 5.57 Å². The van der Waals surface area contributed by atoms with E-state index in [2.05, 4.69) is 40.7 Å². The van der Waals surface area contributed by atoms with E-state index in [1.54, 1.807) is 41.5 Å². The molecule has 0 aromatic heterocycles. The third-order valence-corrected chi connectivity index (χ3v) is 3.85. The van der Waals surface area contributed by atoms with Crippen LogP contribution in [0.2, 0.25) is 0 Å². The molecule has 27 heavy (non-hydrogen) atoms. The average Bonchev–Trinajstić information content (AvgIpc) is 2.62. The van der Waals surface area contributed by atoms with Crippen molar-refractivity contribution in [2.24, 2.45) is 16.2 Å². The van der Waals surface area contributed by atoms with Gasteiger partial charge in [-0.05, 0) is 41.5 Å². The molecule has 0 aliphatic heterocycles. The van der Waals surface area contributed by atoms with Gasteiger partial charge in [0.1, 0.15) is 0 Å². The molecule has 2 N–H and O–H groups in total. The summed E-state index contributed by atoms with van der Waals surface area (Å²) in [5.41, 5.74) is 3.23. The summed E-state index contributed by atoms with van der Waals surface area (Å²) in [4.78, 5) is 20.0. The van der Waals surface area contributed by atoms with Gasteiger partial charge in [0.15, 0.2) is 0 Å². The Kier molecular flexibility index (Phi) is 16.6. The van der Waals surface area contributed by atoms with Crippen molar-refractivity contribution < 1.29 is 46.6 Å². The zero-order chi connectivity index (χ0) is 22.1. The predicted octanol–water partition coefficient (Wildman–Crippen LogP) is 4.32. The van der Waals surface area contributed by atoms with Crippen molar-refractivity contribution in [3.8, 4) is 0 Å². The molecule has 0 radical (unpaired) electrons. The first-order chi connectivity index (χ1) is 11.3. The molecular weight excluding hydrogens is 380 g/mol. The Morgan fingerprint density at radius 3 is 1.11 bits per heavy atom. The number of hydrogen-bond donors (Lipinski definition) is 2. The van der Waals surface area contributed by atoms with Crippen LogP contribution < -0.4 is 5.11 Å². The van der Waals surface area contributed by atoms with Crippen LogP contribution in [0.5, 0.6) is 0 Å². The molecule has 156 valence electrons. The van der Waals surface area contributed by atoms with Gasteiger partial charge in [-0.2, -0.15) is 18.3 Å². The van der Waals surface area contributed by atoms with Gasteiger partial charge < -0.3 is 15.3 Å². The molecule has 0 fully saturated rings. The number of carboxylic acid groups (broad SMARTS) is 2. The van der Waals surface area contributed by atoms with Crippen LogP contribution in [0, 0.1) is 22.3 Å². The van der Waals surface area contributed by atoms with Crippen LogP contribution in [0.15, 0.2) is 16.7 Å². The summed E-state index contributed by atoms with van der Waals surface area (Å²) >= 11 is 0. The Labute approximate surface area is 180 Å². The van der Waals surface area contributed by atoms with E-state index in [1.165, 1.54) is 16.7 Å². The van der Waals surface area contributed by atoms with Crippen LogP contribution in [0.25, 0.3) is 0 Å². The standard InChI is InChI=1S/C10H15.2C5H10O2.CH3O.Ti/c1-7-6-10(4,5)9(3)8(7)2;2*1-5(2,3)4(6)7;1-2;/h1-5H3;2*1-3H3,(H,6,7);1H3;/q-1;;;-1;+2. The van der Waals surface area contributed by atoms with Crippen molar-refractivity contribution in [2.75, 3.05) is 7.11 Å². The van der Waals surface area contributed by atoms with Crippen LogP contribution in [0.3, 0.4) is 0 Å². The van der Waals surface area contributed by atoms with Gasteiger partial charge in [-0.1, -0.05) is 33.1 Å². The van der Waals surface area contributed by atoms with Crippen molar-refractivity contribution in [1.82, 2.24) is 0 Å². The second-order valence-electron chi connectivity index (χ2n) is 8.74. The van der Waals surface area contributed by atoms with Crippen molar-refractivity contribution in [1.29, 1.82) is 0 Å². The quantitative estimate of drug-likeness (QED) is 0.451. The van der Waals surface area contributed by atoms with Crippen molar-refractivity contribution in [3.05, 3.63) is 22.8 Å². The van der Waals surface area contributed by atoms with Crippen LogP contribution in [-0.4, -0.2) is 29.3 Å². The molecule has 0 atom stereocenters. The molecule has 1 aliphatic rings. The Hall–Kier alpha value is -0.906. The maximum atomic E-state index is 10.0. The van der Waals surface area contributed by atoms with Crippen LogP contribution >= 0.6 is 0 Å². The fourth-order valence-corrected chi connectivity index (χ4v) is 1.41. The van der Waals surface area contributed by atoms with E-state index in [-0.39, 0.29) is 27.1 Å². The number of rotatable bonds is 0. The van der Waals surface area contributed by atoms with E-state index in [0.29, 0.717) is 0 Å². The third-order valence-electron chi connectivity index (χ3n) is 3.85. The maximum Gasteiger partial charge on any atom is 2.00 e. The topological polar surface area (TPSA) is 97.7 Å². The van der Waals surface area contributed by atoms with E-state index in [4.69, 9.17) is 15.3 Å². The predicted molar refractivity (Wildman–Crippen MR) is 105 cm³/mol. The molecule has 0 heterocycles. The monoisotopic (exact) mass is 418 g/mol. The minimum Gasteiger partial charge on any atom is -0.857 e. The fourth-order valence-electron chi connectivity index (χ4n) is 1.41. The Bertz CT molecular complexity index is 506. The molecule has 0 aromatic carbocycles. The summed E-state index contributed by atoms with van der Waals surface area (Å²) in [5.74, 6) is -1.51. The molecule has 1 aliphatic carbocycles. The van der Waals surface area contributed by atoms with Gasteiger partial charge in [-0.3, -0.25) is 15.7 Å². The SMILES string of the molecule is CC(C)(C)C(=O)O.CC(C)(C)C(=O)O.CC1=[C-]C(C)(C)C(C)=C1C.C[O-].[Ti+2]. The van der Waals surface area contributed by atoms with Crippen LogP contribution in [0.1, 0.15) is 76.2 Å². The van der Waals surface area contributed by atoms with Gasteiger partial charge in [0.2, 0.25) is 0 Å². The molecule has 5 nitrogen and oxygen atoms in total. The summed E-state index contributed by atoms with van der Waals surface area (Å²) in [7, 11) is 0.750. The normalized spacial score (nSPS) is 14.8. The Morgan fingerprint density at radius 2 is 1.07 bits per heavy atom. The second kappa shape index (κ2) is 13.3. The van der Waals surface area contributed by atoms with E-state index < -0.39 is 22.8 Å². The van der Waals surface area contributed by atoms with E-state index in [1.807, 2.05) is 0 Å². The van der Waals surface area contributed by atoms with E-state index in [0.717, 1.165) is 7.11 Å². The summed E-state index contributed by atoms with van der Waals surface area (Å²) in [5, 5.41) is 24.8. The first-order valence-corrected chi connectivity index (χ1v) is 8.51. The molecule has 0 unspecified atom stereocenters. The molecule has 0 amide bonds. The van der Waals surface area contributed by atoms with Crippen molar-refractivity contribution in [3.63, 3.8) is 0 Å². The number of aliphatic carboxylic acids is 2. The number of allylic oxidation sites excluding steroid dienone is 4. The minimum absolute atomic E-state index is 0. The smallest absolute Gasteiger partial charge is 0.857 e. The molecule has 0 bridgehead atoms. The molecule has 1 rings (SSSR count). The summed E-state index contributed by atoms with van der Waals surface area (Å²) < 4.78 is 0. The maximum absolute atomic E-state index is 10.0. The van der Waals surface area contributed by atoms with Gasteiger partial charge in [-0.15, -0.1) is 6.92 Å². The third kappa shape index (κ3) is 14.8. The van der Waals surface area contributed by atoms with Gasteiger partial charge in [0, 0.05) is 0 Å². The first kappa shape index (κ1) is 33.7. The summed E-state index contributed by atoms with van der Waals surface area (Å²) in [6, 6.07) is 0.